The van der Waals surface area contributed by atoms with Crippen LogP contribution in [0.25, 0.3) is 0 Å². The van der Waals surface area contributed by atoms with Crippen LogP contribution in [-0.2, 0) is 9.53 Å². The molecule has 0 fully saturated rings. The third-order valence-electron chi connectivity index (χ3n) is 2.64. The van der Waals surface area contributed by atoms with Crippen molar-refractivity contribution in [1.82, 2.24) is 4.90 Å². The number of nitrogens with one attached hydrogen (secondary N) is 1. The van der Waals surface area contributed by atoms with Gasteiger partial charge in [-0.25, -0.2) is 4.79 Å². The fourth-order valence-electron chi connectivity index (χ4n) is 1.42. The van der Waals surface area contributed by atoms with E-state index < -0.39 is 5.97 Å². The van der Waals surface area contributed by atoms with Crippen molar-refractivity contribution in [3.8, 4) is 0 Å². The van der Waals surface area contributed by atoms with E-state index in [0.717, 1.165) is 5.56 Å². The minimum Gasteiger partial charge on any atom is -0.468 e. The number of nitrogens with zero attached hydrogens (tertiary/aromatic N) is 1. The number of rotatable bonds is 4. The van der Waals surface area contributed by atoms with Crippen LogP contribution in [0.2, 0.25) is 5.02 Å². The Labute approximate surface area is 117 Å². The summed E-state index contributed by atoms with van der Waals surface area (Å²) in [5.74, 6) is -0.459. The zero-order valence-corrected chi connectivity index (χ0v) is 12.0. The van der Waals surface area contributed by atoms with Crippen LogP contribution in [-0.4, -0.2) is 37.1 Å². The normalized spacial score (nSPS) is 9.89. The van der Waals surface area contributed by atoms with Crippen LogP contribution in [0.3, 0.4) is 0 Å². The van der Waals surface area contributed by atoms with Crippen LogP contribution in [0.15, 0.2) is 18.2 Å². The number of urea groups is 1. The number of anilines is 1. The summed E-state index contributed by atoms with van der Waals surface area (Å²) in [4.78, 5) is 24.5. The largest absolute Gasteiger partial charge is 0.468 e. The summed E-state index contributed by atoms with van der Waals surface area (Å²) in [6.07, 6.45) is 0. The van der Waals surface area contributed by atoms with Gasteiger partial charge in [-0.05, 0) is 31.5 Å². The Hall–Kier alpha value is -1.75. The van der Waals surface area contributed by atoms with E-state index in [2.05, 4.69) is 10.1 Å². The highest BCUT2D eigenvalue weighted by Crippen LogP contribution is 2.20. The summed E-state index contributed by atoms with van der Waals surface area (Å²) in [6, 6.07) is 4.87. The van der Waals surface area contributed by atoms with Gasteiger partial charge in [0, 0.05) is 17.3 Å². The monoisotopic (exact) mass is 284 g/mol. The zero-order chi connectivity index (χ0) is 14.4. The maximum absolute atomic E-state index is 12.0. The van der Waals surface area contributed by atoms with Crippen LogP contribution in [0.4, 0.5) is 10.5 Å². The van der Waals surface area contributed by atoms with Gasteiger partial charge < -0.3 is 15.0 Å². The van der Waals surface area contributed by atoms with Gasteiger partial charge in [0.1, 0.15) is 6.54 Å². The number of hydrogen-bond donors (Lipinski definition) is 1. The lowest BCUT2D eigenvalue weighted by molar-refractivity contribution is -0.141. The van der Waals surface area contributed by atoms with Gasteiger partial charge in [0.15, 0.2) is 0 Å². The van der Waals surface area contributed by atoms with Crippen LogP contribution in [0, 0.1) is 6.92 Å². The number of aryl methyl sites for hydroxylation is 1. The molecule has 0 aromatic heterocycles. The van der Waals surface area contributed by atoms with Crippen molar-refractivity contribution in [1.29, 1.82) is 0 Å². The number of esters is 1. The van der Waals surface area contributed by atoms with Crippen molar-refractivity contribution in [2.45, 2.75) is 13.8 Å². The summed E-state index contributed by atoms with van der Waals surface area (Å²) in [7, 11) is 1.29. The summed E-state index contributed by atoms with van der Waals surface area (Å²) >= 11 is 5.98. The molecule has 5 nitrogen and oxygen atoms in total. The predicted octanol–water partition coefficient (Wildman–Crippen LogP) is 2.68. The lowest BCUT2D eigenvalue weighted by atomic mass is 10.2. The first kappa shape index (κ1) is 15.3. The molecule has 6 heteroatoms. The number of halogens is 1. The van der Waals surface area contributed by atoms with E-state index in [-0.39, 0.29) is 12.6 Å². The number of hydrogen-bond acceptors (Lipinski definition) is 3. The van der Waals surface area contributed by atoms with Gasteiger partial charge in [-0.2, -0.15) is 0 Å². The number of ether oxygens (including phenoxy) is 1. The van der Waals surface area contributed by atoms with Gasteiger partial charge in [-0.15, -0.1) is 0 Å². The topological polar surface area (TPSA) is 58.6 Å². The van der Waals surface area contributed by atoms with Crippen molar-refractivity contribution < 1.29 is 14.3 Å². The summed E-state index contributed by atoms with van der Waals surface area (Å²) in [6.45, 7) is 3.98. The fourth-order valence-corrected chi connectivity index (χ4v) is 1.60. The van der Waals surface area contributed by atoms with E-state index in [1.807, 2.05) is 13.0 Å². The van der Waals surface area contributed by atoms with Gasteiger partial charge in [0.05, 0.1) is 7.11 Å². The molecule has 0 atom stereocenters. The fraction of sp³-hybridized carbons (Fsp3) is 0.385. The minimum absolute atomic E-state index is 0.0849. The predicted molar refractivity (Wildman–Crippen MR) is 74.5 cm³/mol. The molecule has 19 heavy (non-hydrogen) atoms. The summed E-state index contributed by atoms with van der Waals surface area (Å²) in [5.41, 5.74) is 1.52. The Kier molecular flexibility index (Phi) is 5.63. The average molecular weight is 285 g/mol. The maximum Gasteiger partial charge on any atom is 0.325 e. The second-order valence-corrected chi connectivity index (χ2v) is 4.39. The van der Waals surface area contributed by atoms with Crippen LogP contribution in [0.1, 0.15) is 12.5 Å². The second kappa shape index (κ2) is 6.99. The van der Waals surface area contributed by atoms with Crippen molar-refractivity contribution >= 4 is 29.3 Å². The smallest absolute Gasteiger partial charge is 0.325 e. The molecule has 0 saturated heterocycles. The second-order valence-electron chi connectivity index (χ2n) is 3.98. The van der Waals surface area contributed by atoms with E-state index in [0.29, 0.717) is 17.3 Å². The first-order valence-corrected chi connectivity index (χ1v) is 6.24. The van der Waals surface area contributed by atoms with E-state index in [1.54, 1.807) is 19.1 Å². The molecule has 104 valence electrons. The van der Waals surface area contributed by atoms with Gasteiger partial charge in [-0.1, -0.05) is 17.7 Å². The van der Waals surface area contributed by atoms with Gasteiger partial charge in [0.2, 0.25) is 0 Å². The van der Waals surface area contributed by atoms with E-state index in [4.69, 9.17) is 11.6 Å². The molecule has 1 aromatic rings. The Morgan fingerprint density at radius 3 is 2.63 bits per heavy atom. The first-order valence-electron chi connectivity index (χ1n) is 5.86. The molecule has 0 aliphatic heterocycles. The Morgan fingerprint density at radius 2 is 2.11 bits per heavy atom. The standard InChI is InChI=1S/C13H17ClN2O3/c1-4-16(8-12(17)19-3)13(18)15-10-6-5-9(2)11(14)7-10/h5-7H,4,8H2,1-3H3,(H,15,18). The molecule has 0 saturated carbocycles. The molecule has 0 aliphatic rings. The minimum atomic E-state index is -0.459. The highest BCUT2D eigenvalue weighted by atomic mass is 35.5. The lowest BCUT2D eigenvalue weighted by Gasteiger charge is -2.20. The Bertz CT molecular complexity index is 477. The van der Waals surface area contributed by atoms with Crippen molar-refractivity contribution in [2.24, 2.45) is 0 Å². The number of carbonyl (C=O) groups is 2. The number of benzene rings is 1. The molecule has 1 rings (SSSR count). The number of carbonyl (C=O) groups excluding carboxylic acids is 2. The van der Waals surface area contributed by atoms with E-state index in [9.17, 15) is 9.59 Å². The molecule has 1 aromatic carbocycles. The summed E-state index contributed by atoms with van der Waals surface area (Å²) in [5, 5.41) is 3.26. The quantitative estimate of drug-likeness (QED) is 0.865. The molecule has 0 heterocycles. The molecule has 1 N–H and O–H groups in total. The zero-order valence-electron chi connectivity index (χ0n) is 11.2. The van der Waals surface area contributed by atoms with Gasteiger partial charge in [0.25, 0.3) is 0 Å². The van der Waals surface area contributed by atoms with E-state index >= 15 is 0 Å². The molecule has 0 radical (unpaired) electrons. The molecular weight excluding hydrogens is 268 g/mol. The van der Waals surface area contributed by atoms with Crippen LogP contribution in [0.5, 0.6) is 0 Å². The van der Waals surface area contributed by atoms with E-state index in [1.165, 1.54) is 12.0 Å². The number of likely N-dealkylation sites (N-methyl/N-ethyl adjacent to an activating group) is 1. The van der Waals surface area contributed by atoms with Crippen molar-refractivity contribution in [3.05, 3.63) is 28.8 Å². The maximum atomic E-state index is 12.0. The first-order chi connectivity index (χ1) is 8.97. The average Bonchev–Trinajstić information content (AvgIpc) is 2.39. The third kappa shape index (κ3) is 4.44. The van der Waals surface area contributed by atoms with Gasteiger partial charge in [-0.3, -0.25) is 4.79 Å². The van der Waals surface area contributed by atoms with Crippen LogP contribution >= 0.6 is 11.6 Å². The van der Waals surface area contributed by atoms with Crippen LogP contribution < -0.4 is 5.32 Å². The summed E-state index contributed by atoms with van der Waals surface area (Å²) < 4.78 is 4.54. The van der Waals surface area contributed by atoms with Crippen molar-refractivity contribution in [2.75, 3.05) is 25.5 Å². The van der Waals surface area contributed by atoms with Gasteiger partial charge >= 0.3 is 12.0 Å². The Balaban J connectivity index is 2.71. The highest BCUT2D eigenvalue weighted by molar-refractivity contribution is 6.31. The Morgan fingerprint density at radius 1 is 1.42 bits per heavy atom. The molecule has 0 aliphatic carbocycles. The molecule has 0 spiro atoms. The molecule has 0 unspecified atom stereocenters. The molecular formula is C13H17ClN2O3. The third-order valence-corrected chi connectivity index (χ3v) is 3.05. The highest BCUT2D eigenvalue weighted by Gasteiger charge is 2.15. The number of amides is 2. The van der Waals surface area contributed by atoms with Crippen molar-refractivity contribution in [3.63, 3.8) is 0 Å². The molecule has 2 amide bonds. The lowest BCUT2D eigenvalue weighted by Crippen LogP contribution is -2.38. The number of methoxy groups -OCH3 is 1. The molecule has 0 bridgehead atoms. The SMILES string of the molecule is CCN(CC(=O)OC)C(=O)Nc1ccc(C)c(Cl)c1.